The number of esters is 1. The van der Waals surface area contributed by atoms with Crippen molar-refractivity contribution in [1.29, 1.82) is 0 Å². The monoisotopic (exact) mass is 414 g/mol. The average Bonchev–Trinajstić information content (AvgIpc) is 3.16. The molecule has 13 heteroatoms. The van der Waals surface area contributed by atoms with Gasteiger partial charge in [0.1, 0.15) is 11.6 Å². The molecule has 11 nitrogen and oxygen atoms in total. The van der Waals surface area contributed by atoms with Gasteiger partial charge in [-0.05, 0) is 12.5 Å². The molecule has 2 heterocycles. The average molecular weight is 414 g/mol. The SMILES string of the molecule is COCCOC(=O)c1c(NC(=O)CSc2n[nH]c(N)n2)sc(C(N)=O)c1C. The molecule has 146 valence electrons. The number of nitrogens with one attached hydrogen (secondary N) is 2. The molecule has 0 aliphatic rings. The molecule has 0 unspecified atom stereocenters. The largest absolute Gasteiger partial charge is 0.460 e. The fourth-order valence-electron chi connectivity index (χ4n) is 1.99. The second-order valence-corrected chi connectivity index (χ2v) is 7.06. The van der Waals surface area contributed by atoms with E-state index in [0.29, 0.717) is 10.7 Å². The Hall–Kier alpha value is -2.64. The number of hydrogen-bond donors (Lipinski definition) is 4. The van der Waals surface area contributed by atoms with Crippen LogP contribution in [0.3, 0.4) is 0 Å². The molecule has 2 rings (SSSR count). The lowest BCUT2D eigenvalue weighted by Crippen LogP contribution is -2.17. The predicted octanol–water partition coefficient (Wildman–Crippen LogP) is 0.390. The number of nitrogen functional groups attached to an aromatic ring is 1. The van der Waals surface area contributed by atoms with Gasteiger partial charge >= 0.3 is 5.97 Å². The molecule has 2 aromatic rings. The molecule has 0 spiro atoms. The van der Waals surface area contributed by atoms with Gasteiger partial charge in [0.2, 0.25) is 17.0 Å². The number of hydrogen-bond acceptors (Lipinski definition) is 10. The Morgan fingerprint density at radius 2 is 2.07 bits per heavy atom. The number of nitrogens with zero attached hydrogens (tertiary/aromatic N) is 2. The summed E-state index contributed by atoms with van der Waals surface area (Å²) in [4.78, 5) is 40.2. The normalized spacial score (nSPS) is 10.6. The number of primary amides is 1. The molecule has 0 radical (unpaired) electrons. The van der Waals surface area contributed by atoms with Crippen molar-refractivity contribution in [3.05, 3.63) is 16.0 Å². The van der Waals surface area contributed by atoms with Gasteiger partial charge in [0.05, 0.1) is 22.8 Å². The van der Waals surface area contributed by atoms with Crippen molar-refractivity contribution < 1.29 is 23.9 Å². The number of aromatic amines is 1. The molecule has 0 saturated heterocycles. The summed E-state index contributed by atoms with van der Waals surface area (Å²) >= 11 is 1.96. The van der Waals surface area contributed by atoms with E-state index in [4.69, 9.17) is 20.9 Å². The first-order valence-corrected chi connectivity index (χ1v) is 9.33. The molecule has 2 aromatic heterocycles. The number of rotatable bonds is 9. The number of methoxy groups -OCH3 is 1. The summed E-state index contributed by atoms with van der Waals surface area (Å²) in [5.74, 6) is -1.70. The number of carbonyl (C=O) groups excluding carboxylic acids is 3. The first-order valence-electron chi connectivity index (χ1n) is 7.53. The topological polar surface area (TPSA) is 175 Å². The third-order valence-electron chi connectivity index (χ3n) is 3.16. The van der Waals surface area contributed by atoms with Crippen LogP contribution in [0.1, 0.15) is 25.6 Å². The Balaban J connectivity index is 2.13. The zero-order chi connectivity index (χ0) is 20.0. The van der Waals surface area contributed by atoms with Crippen molar-refractivity contribution in [2.75, 3.05) is 37.1 Å². The van der Waals surface area contributed by atoms with Gasteiger partial charge in [0, 0.05) is 7.11 Å². The zero-order valence-corrected chi connectivity index (χ0v) is 16.2. The number of amides is 2. The Kier molecular flexibility index (Phi) is 7.15. The van der Waals surface area contributed by atoms with Gasteiger partial charge in [-0.1, -0.05) is 11.8 Å². The van der Waals surface area contributed by atoms with Gasteiger partial charge in [-0.25, -0.2) is 9.89 Å². The third-order valence-corrected chi connectivity index (χ3v) is 5.23. The molecule has 0 aliphatic carbocycles. The molecule has 0 atom stereocenters. The Bertz CT molecular complexity index is 849. The first kappa shape index (κ1) is 20.7. The number of thiophene rings is 1. The quantitative estimate of drug-likeness (QED) is 0.257. The van der Waals surface area contributed by atoms with Crippen molar-refractivity contribution >= 4 is 51.8 Å². The summed E-state index contributed by atoms with van der Waals surface area (Å²) in [6.07, 6.45) is 0. The molecule has 27 heavy (non-hydrogen) atoms. The highest BCUT2D eigenvalue weighted by molar-refractivity contribution is 7.99. The maximum absolute atomic E-state index is 12.3. The number of nitrogens with two attached hydrogens (primary N) is 2. The van der Waals surface area contributed by atoms with Crippen LogP contribution in [0.2, 0.25) is 0 Å². The minimum absolute atomic E-state index is 0.0295. The second kappa shape index (κ2) is 9.34. The molecule has 2 amide bonds. The van der Waals surface area contributed by atoms with Crippen LogP contribution in [0.15, 0.2) is 5.16 Å². The Morgan fingerprint density at radius 1 is 1.33 bits per heavy atom. The van der Waals surface area contributed by atoms with Crippen molar-refractivity contribution in [3.63, 3.8) is 0 Å². The number of anilines is 2. The summed E-state index contributed by atoms with van der Waals surface area (Å²) < 4.78 is 9.92. The van der Waals surface area contributed by atoms with Crippen molar-refractivity contribution in [3.8, 4) is 0 Å². The van der Waals surface area contributed by atoms with E-state index in [1.807, 2.05) is 0 Å². The van der Waals surface area contributed by atoms with E-state index in [-0.39, 0.29) is 40.4 Å². The van der Waals surface area contributed by atoms with Gasteiger partial charge in [0.15, 0.2) is 0 Å². The summed E-state index contributed by atoms with van der Waals surface area (Å²) in [7, 11) is 1.47. The highest BCUT2D eigenvalue weighted by Crippen LogP contribution is 2.33. The molecule has 6 N–H and O–H groups in total. The molecule has 0 aromatic carbocycles. The van der Waals surface area contributed by atoms with Gasteiger partial charge < -0.3 is 26.3 Å². The molecule has 0 fully saturated rings. The van der Waals surface area contributed by atoms with Crippen LogP contribution in [0.25, 0.3) is 0 Å². The van der Waals surface area contributed by atoms with Crippen molar-refractivity contribution in [2.24, 2.45) is 5.73 Å². The van der Waals surface area contributed by atoms with Gasteiger partial charge in [-0.2, -0.15) is 4.98 Å². The lowest BCUT2D eigenvalue weighted by molar-refractivity contribution is -0.113. The maximum atomic E-state index is 12.3. The minimum Gasteiger partial charge on any atom is -0.460 e. The van der Waals surface area contributed by atoms with E-state index in [0.717, 1.165) is 23.1 Å². The van der Waals surface area contributed by atoms with E-state index in [1.54, 1.807) is 6.92 Å². The zero-order valence-electron chi connectivity index (χ0n) is 14.5. The highest BCUT2D eigenvalue weighted by atomic mass is 32.2. The summed E-state index contributed by atoms with van der Waals surface area (Å²) in [5, 5.41) is 9.35. The van der Waals surface area contributed by atoms with Crippen LogP contribution >= 0.6 is 23.1 Å². The fraction of sp³-hybridized carbons (Fsp3) is 0.357. The third kappa shape index (κ3) is 5.42. The number of H-pyrrole nitrogens is 1. The number of aromatic nitrogens is 3. The van der Waals surface area contributed by atoms with Crippen LogP contribution in [0.5, 0.6) is 0 Å². The number of thioether (sulfide) groups is 1. The predicted molar refractivity (Wildman–Crippen MR) is 99.9 cm³/mol. The Labute approximate surface area is 162 Å². The molecule has 0 aliphatic heterocycles. The van der Waals surface area contributed by atoms with Crippen LogP contribution in [-0.2, 0) is 14.3 Å². The molecule has 0 saturated carbocycles. The van der Waals surface area contributed by atoms with Gasteiger partial charge in [-0.3, -0.25) is 9.59 Å². The number of carbonyl (C=O) groups is 3. The van der Waals surface area contributed by atoms with Crippen LogP contribution in [0, 0.1) is 6.92 Å². The lowest BCUT2D eigenvalue weighted by Gasteiger charge is -2.07. The Morgan fingerprint density at radius 3 is 2.67 bits per heavy atom. The summed E-state index contributed by atoms with van der Waals surface area (Å²) in [6.45, 7) is 1.81. The van der Waals surface area contributed by atoms with E-state index < -0.39 is 17.8 Å². The molecular formula is C14H18N6O5S2. The highest BCUT2D eigenvalue weighted by Gasteiger charge is 2.26. The summed E-state index contributed by atoms with van der Waals surface area (Å²) in [5.41, 5.74) is 11.2. The van der Waals surface area contributed by atoms with E-state index in [1.165, 1.54) is 7.11 Å². The first-order chi connectivity index (χ1) is 12.8. The molecule has 0 bridgehead atoms. The van der Waals surface area contributed by atoms with Crippen molar-refractivity contribution in [1.82, 2.24) is 15.2 Å². The van der Waals surface area contributed by atoms with Gasteiger partial charge in [-0.15, -0.1) is 16.4 Å². The van der Waals surface area contributed by atoms with Crippen molar-refractivity contribution in [2.45, 2.75) is 12.1 Å². The maximum Gasteiger partial charge on any atom is 0.341 e. The van der Waals surface area contributed by atoms with E-state index in [2.05, 4.69) is 20.5 Å². The van der Waals surface area contributed by atoms with E-state index in [9.17, 15) is 14.4 Å². The van der Waals surface area contributed by atoms with E-state index >= 15 is 0 Å². The summed E-state index contributed by atoms with van der Waals surface area (Å²) in [6, 6.07) is 0. The fourth-order valence-corrected chi connectivity index (χ4v) is 3.66. The van der Waals surface area contributed by atoms with Gasteiger partial charge in [0.25, 0.3) is 5.91 Å². The van der Waals surface area contributed by atoms with Crippen LogP contribution < -0.4 is 16.8 Å². The number of ether oxygens (including phenoxy) is 2. The van der Waals surface area contributed by atoms with Crippen LogP contribution in [-0.4, -0.2) is 59.0 Å². The van der Waals surface area contributed by atoms with Crippen LogP contribution in [0.4, 0.5) is 10.9 Å². The minimum atomic E-state index is -0.700. The second-order valence-electron chi connectivity index (χ2n) is 5.09. The smallest absolute Gasteiger partial charge is 0.341 e. The standard InChI is InChI=1S/C14H18N6O5S2/c1-6-8(12(23)25-4-3-24-2)11(27-9(6)10(15)22)17-7(21)5-26-14-18-13(16)19-20-14/h3-5H2,1-2H3,(H2,15,22)(H,17,21)(H3,16,18,19,20). The molecular weight excluding hydrogens is 396 g/mol. The lowest BCUT2D eigenvalue weighted by atomic mass is 10.1.